The van der Waals surface area contributed by atoms with E-state index in [2.05, 4.69) is 4.98 Å². The molecule has 0 bridgehead atoms. The molecule has 1 N–H and O–H groups in total. The summed E-state index contributed by atoms with van der Waals surface area (Å²) >= 11 is 0. The Bertz CT molecular complexity index is 352. The summed E-state index contributed by atoms with van der Waals surface area (Å²) < 4.78 is 0. The van der Waals surface area contributed by atoms with Crippen LogP contribution in [0.4, 0.5) is 10.6 Å². The van der Waals surface area contributed by atoms with Crippen LogP contribution in [0, 0.1) is 6.92 Å². The molecule has 4 nitrogen and oxygen atoms in total. The summed E-state index contributed by atoms with van der Waals surface area (Å²) in [7, 11) is 0. The summed E-state index contributed by atoms with van der Waals surface area (Å²) in [5.74, 6) is 0.459. The minimum atomic E-state index is -0.987. The zero-order valence-electron chi connectivity index (χ0n) is 9.48. The van der Waals surface area contributed by atoms with Gasteiger partial charge in [-0.25, -0.2) is 9.78 Å². The Morgan fingerprint density at radius 2 is 2.00 bits per heavy atom. The molecule has 0 saturated heterocycles. The summed E-state index contributed by atoms with van der Waals surface area (Å²) in [6.07, 6.45) is 0.677. The molecule has 0 saturated carbocycles. The Balaban J connectivity index is 3.11. The lowest BCUT2D eigenvalue weighted by atomic mass is 10.1. The third kappa shape index (κ3) is 2.68. The minimum absolute atomic E-state index is 0.459. The molecule has 0 radical (unpaired) electrons. The number of pyridine rings is 1. The van der Waals surface area contributed by atoms with Gasteiger partial charge in [0.2, 0.25) is 0 Å². The van der Waals surface area contributed by atoms with Crippen LogP contribution in [-0.2, 0) is 0 Å². The Hall–Kier alpha value is -1.58. The highest BCUT2D eigenvalue weighted by atomic mass is 16.4. The van der Waals surface area contributed by atoms with Crippen LogP contribution in [0.3, 0.4) is 0 Å². The number of hydrogen-bond donors (Lipinski definition) is 1. The topological polar surface area (TPSA) is 53.4 Å². The van der Waals surface area contributed by atoms with Crippen LogP contribution in [-0.4, -0.2) is 21.7 Å². The van der Waals surface area contributed by atoms with Crippen molar-refractivity contribution in [2.45, 2.75) is 33.2 Å². The third-order valence-electron chi connectivity index (χ3n) is 1.99. The fourth-order valence-corrected chi connectivity index (χ4v) is 1.32. The molecular weight excluding hydrogens is 192 g/mol. The minimum Gasteiger partial charge on any atom is -0.465 e. The number of rotatable bonds is 1. The van der Waals surface area contributed by atoms with Gasteiger partial charge in [-0.05, 0) is 39.3 Å². The molecule has 1 aromatic heterocycles. The number of aryl methyl sites for hydroxylation is 1. The molecule has 4 heteroatoms. The summed E-state index contributed by atoms with van der Waals surface area (Å²) in [5.41, 5.74) is 0.520. The van der Waals surface area contributed by atoms with Gasteiger partial charge in [0, 0.05) is 11.7 Å². The van der Waals surface area contributed by atoms with Crippen molar-refractivity contribution in [3.05, 3.63) is 23.9 Å². The zero-order chi connectivity index (χ0) is 11.6. The van der Waals surface area contributed by atoms with E-state index in [4.69, 9.17) is 5.11 Å². The number of amides is 1. The van der Waals surface area contributed by atoms with Crippen molar-refractivity contribution in [1.29, 1.82) is 0 Å². The van der Waals surface area contributed by atoms with Gasteiger partial charge in [-0.2, -0.15) is 0 Å². The smallest absolute Gasteiger partial charge is 0.413 e. The van der Waals surface area contributed by atoms with Crippen molar-refractivity contribution in [3.8, 4) is 0 Å². The maximum atomic E-state index is 11.1. The van der Waals surface area contributed by atoms with Crippen LogP contribution < -0.4 is 4.90 Å². The Morgan fingerprint density at radius 3 is 2.33 bits per heavy atom. The number of hydrogen-bond acceptors (Lipinski definition) is 2. The van der Waals surface area contributed by atoms with Crippen LogP contribution in [0.5, 0.6) is 0 Å². The van der Waals surface area contributed by atoms with Crippen molar-refractivity contribution < 1.29 is 9.90 Å². The molecule has 0 fully saturated rings. The van der Waals surface area contributed by atoms with Gasteiger partial charge in [0.15, 0.2) is 0 Å². The largest absolute Gasteiger partial charge is 0.465 e. The van der Waals surface area contributed by atoms with Gasteiger partial charge in [-0.1, -0.05) is 6.07 Å². The van der Waals surface area contributed by atoms with Gasteiger partial charge in [-0.15, -0.1) is 0 Å². The van der Waals surface area contributed by atoms with Crippen molar-refractivity contribution in [1.82, 2.24) is 4.98 Å². The highest BCUT2D eigenvalue weighted by molar-refractivity contribution is 5.86. The van der Waals surface area contributed by atoms with Gasteiger partial charge in [0.25, 0.3) is 0 Å². The van der Waals surface area contributed by atoms with Crippen molar-refractivity contribution >= 4 is 11.9 Å². The average molecular weight is 208 g/mol. The van der Waals surface area contributed by atoms with Crippen LogP contribution in [0.2, 0.25) is 0 Å². The molecule has 1 heterocycles. The predicted octanol–water partition coefficient (Wildman–Crippen LogP) is 2.67. The normalized spacial score (nSPS) is 11.2. The lowest BCUT2D eigenvalue weighted by molar-refractivity contribution is 0.195. The molecule has 15 heavy (non-hydrogen) atoms. The van der Waals surface area contributed by atoms with Crippen LogP contribution in [0.1, 0.15) is 26.3 Å². The molecule has 0 aliphatic rings. The number of aromatic nitrogens is 1. The number of anilines is 1. The van der Waals surface area contributed by atoms with E-state index >= 15 is 0 Å². The standard InChI is InChI=1S/C11H16N2O2/c1-8-5-6-9(12-7-8)13(10(14)15)11(2,3)4/h5-7H,1-4H3,(H,14,15). The highest BCUT2D eigenvalue weighted by Crippen LogP contribution is 2.21. The molecular formula is C11H16N2O2. The first-order valence-electron chi connectivity index (χ1n) is 4.78. The predicted molar refractivity (Wildman–Crippen MR) is 59.2 cm³/mol. The van der Waals surface area contributed by atoms with E-state index < -0.39 is 11.6 Å². The second-order valence-electron chi connectivity index (χ2n) is 4.48. The van der Waals surface area contributed by atoms with Crippen molar-refractivity contribution in [3.63, 3.8) is 0 Å². The first-order chi connectivity index (χ1) is 6.82. The molecule has 1 amide bonds. The van der Waals surface area contributed by atoms with Crippen LogP contribution in [0.15, 0.2) is 18.3 Å². The quantitative estimate of drug-likeness (QED) is 0.772. The van der Waals surface area contributed by atoms with Gasteiger partial charge in [0.1, 0.15) is 5.82 Å². The van der Waals surface area contributed by atoms with E-state index in [9.17, 15) is 4.79 Å². The molecule has 0 spiro atoms. The second-order valence-corrected chi connectivity index (χ2v) is 4.48. The first kappa shape index (κ1) is 11.5. The van der Waals surface area contributed by atoms with Crippen LogP contribution >= 0.6 is 0 Å². The number of carbonyl (C=O) groups is 1. The maximum absolute atomic E-state index is 11.1. The molecule has 1 aromatic rings. The Kier molecular flexibility index (Phi) is 2.98. The van der Waals surface area contributed by atoms with Gasteiger partial charge in [-0.3, -0.25) is 4.90 Å². The molecule has 0 atom stereocenters. The SMILES string of the molecule is Cc1ccc(N(C(=O)O)C(C)(C)C)nc1. The molecule has 0 aliphatic carbocycles. The number of carboxylic acid groups (broad SMARTS) is 1. The first-order valence-corrected chi connectivity index (χ1v) is 4.78. The molecule has 0 unspecified atom stereocenters. The average Bonchev–Trinajstić information content (AvgIpc) is 2.05. The van der Waals surface area contributed by atoms with Crippen LogP contribution in [0.25, 0.3) is 0 Å². The van der Waals surface area contributed by atoms with E-state index in [0.29, 0.717) is 5.82 Å². The second kappa shape index (κ2) is 3.88. The van der Waals surface area contributed by atoms with E-state index in [1.165, 1.54) is 4.90 Å². The zero-order valence-corrected chi connectivity index (χ0v) is 9.48. The van der Waals surface area contributed by atoms with E-state index in [-0.39, 0.29) is 0 Å². The molecule has 82 valence electrons. The lowest BCUT2D eigenvalue weighted by Crippen LogP contribution is -2.45. The highest BCUT2D eigenvalue weighted by Gasteiger charge is 2.28. The van der Waals surface area contributed by atoms with E-state index in [0.717, 1.165) is 5.56 Å². The summed E-state index contributed by atoms with van der Waals surface area (Å²) in [6, 6.07) is 3.57. The summed E-state index contributed by atoms with van der Waals surface area (Å²) in [6.45, 7) is 7.42. The summed E-state index contributed by atoms with van der Waals surface area (Å²) in [5, 5.41) is 9.12. The van der Waals surface area contributed by atoms with E-state index in [1.807, 2.05) is 33.8 Å². The van der Waals surface area contributed by atoms with Crippen molar-refractivity contribution in [2.24, 2.45) is 0 Å². The Morgan fingerprint density at radius 1 is 1.40 bits per heavy atom. The van der Waals surface area contributed by atoms with Gasteiger partial charge < -0.3 is 5.11 Å². The molecule has 0 aromatic carbocycles. The lowest BCUT2D eigenvalue weighted by Gasteiger charge is -2.32. The molecule has 1 rings (SSSR count). The van der Waals surface area contributed by atoms with Crippen molar-refractivity contribution in [2.75, 3.05) is 4.90 Å². The van der Waals surface area contributed by atoms with E-state index in [1.54, 1.807) is 12.3 Å². The third-order valence-corrected chi connectivity index (χ3v) is 1.99. The number of nitrogens with zero attached hydrogens (tertiary/aromatic N) is 2. The maximum Gasteiger partial charge on any atom is 0.413 e. The fraction of sp³-hybridized carbons (Fsp3) is 0.455. The van der Waals surface area contributed by atoms with Gasteiger partial charge >= 0.3 is 6.09 Å². The Labute approximate surface area is 89.6 Å². The monoisotopic (exact) mass is 208 g/mol. The van der Waals surface area contributed by atoms with Gasteiger partial charge in [0.05, 0.1) is 0 Å². The summed E-state index contributed by atoms with van der Waals surface area (Å²) in [4.78, 5) is 16.5. The molecule has 0 aliphatic heterocycles. The fourth-order valence-electron chi connectivity index (χ4n) is 1.32.